The summed E-state index contributed by atoms with van der Waals surface area (Å²) in [7, 11) is -3.82. The van der Waals surface area contributed by atoms with Crippen LogP contribution in [0.1, 0.15) is 44.6 Å². The Balaban J connectivity index is 1.56. The van der Waals surface area contributed by atoms with Crippen molar-refractivity contribution >= 4 is 27.5 Å². The van der Waals surface area contributed by atoms with Crippen LogP contribution in [-0.4, -0.2) is 50.0 Å². The van der Waals surface area contributed by atoms with Gasteiger partial charge in [0.15, 0.2) is 0 Å². The zero-order valence-electron chi connectivity index (χ0n) is 23.0. The van der Waals surface area contributed by atoms with Crippen molar-refractivity contribution in [2.45, 2.75) is 57.7 Å². The monoisotopic (exact) mass is 563 g/mol. The van der Waals surface area contributed by atoms with E-state index >= 15 is 0 Å². The first kappa shape index (κ1) is 29.1. The molecule has 2 amide bonds. The minimum Gasteiger partial charge on any atom is -0.457 e. The van der Waals surface area contributed by atoms with E-state index in [1.54, 1.807) is 24.3 Å². The Labute approximate surface area is 237 Å². The van der Waals surface area contributed by atoms with Gasteiger partial charge in [-0.25, -0.2) is 8.42 Å². The largest absolute Gasteiger partial charge is 0.457 e. The molecule has 0 heterocycles. The number of carbonyl (C=O) groups excluding carboxylic acids is 2. The van der Waals surface area contributed by atoms with E-state index in [0.29, 0.717) is 23.6 Å². The number of hydrogen-bond acceptors (Lipinski definition) is 5. The molecule has 0 aromatic heterocycles. The Morgan fingerprint density at radius 3 is 2.05 bits per heavy atom. The Morgan fingerprint density at radius 2 is 1.48 bits per heavy atom. The van der Waals surface area contributed by atoms with Crippen LogP contribution in [0.25, 0.3) is 0 Å². The molecule has 1 fully saturated rings. The van der Waals surface area contributed by atoms with Crippen molar-refractivity contribution in [1.82, 2.24) is 10.2 Å². The maximum atomic E-state index is 13.8. The maximum absolute atomic E-state index is 13.8. The first-order valence-electron chi connectivity index (χ1n) is 13.7. The van der Waals surface area contributed by atoms with Crippen LogP contribution in [0, 0.1) is 0 Å². The van der Waals surface area contributed by atoms with Crippen molar-refractivity contribution in [3.8, 4) is 11.5 Å². The normalized spacial score (nSPS) is 14.3. The van der Waals surface area contributed by atoms with Crippen molar-refractivity contribution in [2.24, 2.45) is 0 Å². The van der Waals surface area contributed by atoms with Gasteiger partial charge >= 0.3 is 0 Å². The lowest BCUT2D eigenvalue weighted by atomic mass is 10.1. The van der Waals surface area contributed by atoms with Gasteiger partial charge in [0.05, 0.1) is 11.9 Å². The standard InChI is InChI=1S/C31H37N3O5S/c1-3-29(31(36)32-25-14-10-11-15-25)33(22-24-12-6-4-7-13-24)30(35)23-34(40(2,37)38)26-18-20-28(21-19-26)39-27-16-8-5-9-17-27/h4-9,12-13,16-21,25,29H,3,10-11,14-15,22-23H2,1-2H3,(H,32,36)/t29-/m1/s1. The van der Waals surface area contributed by atoms with Crippen LogP contribution in [-0.2, 0) is 26.2 Å². The molecule has 1 atom stereocenters. The average Bonchev–Trinajstić information content (AvgIpc) is 3.45. The minimum atomic E-state index is -3.82. The number of hydrogen-bond donors (Lipinski definition) is 1. The Kier molecular flexibility index (Phi) is 9.82. The molecular weight excluding hydrogens is 526 g/mol. The quantitative estimate of drug-likeness (QED) is 0.330. The van der Waals surface area contributed by atoms with Gasteiger partial charge in [-0.05, 0) is 61.2 Å². The number of rotatable bonds is 12. The molecule has 0 aliphatic heterocycles. The Hall–Kier alpha value is -3.85. The molecule has 1 aliphatic rings. The van der Waals surface area contributed by atoms with Gasteiger partial charge in [-0.3, -0.25) is 13.9 Å². The fourth-order valence-corrected chi connectivity index (χ4v) is 5.84. The number of ether oxygens (including phenoxy) is 1. The molecule has 0 spiro atoms. The lowest BCUT2D eigenvalue weighted by molar-refractivity contribution is -0.140. The van der Waals surface area contributed by atoms with E-state index < -0.39 is 28.5 Å². The number of sulfonamides is 1. The zero-order valence-corrected chi connectivity index (χ0v) is 23.8. The number of anilines is 1. The summed E-state index contributed by atoms with van der Waals surface area (Å²) in [6.45, 7) is 1.62. The van der Waals surface area contributed by atoms with Crippen LogP contribution in [0.15, 0.2) is 84.9 Å². The van der Waals surface area contributed by atoms with Gasteiger partial charge in [-0.2, -0.15) is 0 Å². The third kappa shape index (κ3) is 7.85. The van der Waals surface area contributed by atoms with Gasteiger partial charge in [0.1, 0.15) is 24.1 Å². The zero-order chi connectivity index (χ0) is 28.5. The molecule has 3 aromatic carbocycles. The van der Waals surface area contributed by atoms with E-state index in [1.165, 1.54) is 4.90 Å². The van der Waals surface area contributed by atoms with E-state index in [-0.39, 0.29) is 18.5 Å². The number of nitrogens with one attached hydrogen (secondary N) is 1. The highest BCUT2D eigenvalue weighted by molar-refractivity contribution is 7.92. The minimum absolute atomic E-state index is 0.111. The van der Waals surface area contributed by atoms with Gasteiger partial charge in [0.25, 0.3) is 0 Å². The van der Waals surface area contributed by atoms with Crippen LogP contribution >= 0.6 is 0 Å². The number of amides is 2. The summed E-state index contributed by atoms with van der Waals surface area (Å²) in [4.78, 5) is 28.7. The molecule has 0 saturated heterocycles. The van der Waals surface area contributed by atoms with E-state index in [2.05, 4.69) is 5.32 Å². The summed E-state index contributed by atoms with van der Waals surface area (Å²) in [5.74, 6) is 0.540. The van der Waals surface area contributed by atoms with Crippen LogP contribution < -0.4 is 14.4 Å². The third-order valence-corrected chi connectivity index (χ3v) is 8.21. The molecule has 0 bridgehead atoms. The van der Waals surface area contributed by atoms with Gasteiger partial charge in [0.2, 0.25) is 21.8 Å². The lowest BCUT2D eigenvalue weighted by Crippen LogP contribution is -2.53. The molecule has 4 rings (SSSR count). The predicted octanol–water partition coefficient (Wildman–Crippen LogP) is 5.11. The molecule has 3 aromatic rings. The highest BCUT2D eigenvalue weighted by Crippen LogP contribution is 2.26. The van der Waals surface area contributed by atoms with E-state index in [1.807, 2.05) is 67.6 Å². The molecule has 9 heteroatoms. The van der Waals surface area contributed by atoms with Crippen molar-refractivity contribution in [3.05, 3.63) is 90.5 Å². The van der Waals surface area contributed by atoms with Crippen LogP contribution in [0.4, 0.5) is 5.69 Å². The summed E-state index contributed by atoms with van der Waals surface area (Å²) in [5.41, 5.74) is 1.19. The molecule has 8 nitrogen and oxygen atoms in total. The second-order valence-corrected chi connectivity index (χ2v) is 12.0. The highest BCUT2D eigenvalue weighted by atomic mass is 32.2. The summed E-state index contributed by atoms with van der Waals surface area (Å²) in [6, 6.07) is 24.6. The number of para-hydroxylation sites is 1. The van der Waals surface area contributed by atoms with Crippen molar-refractivity contribution in [1.29, 1.82) is 0 Å². The SMILES string of the molecule is CC[C@H](C(=O)NC1CCCC1)N(Cc1ccccc1)C(=O)CN(c1ccc(Oc2ccccc2)cc1)S(C)(=O)=O. The van der Waals surface area contributed by atoms with Crippen LogP contribution in [0.5, 0.6) is 11.5 Å². The smallest absolute Gasteiger partial charge is 0.244 e. The second kappa shape index (κ2) is 13.5. The fraction of sp³-hybridized carbons (Fsp3) is 0.355. The van der Waals surface area contributed by atoms with Gasteiger partial charge < -0.3 is 15.0 Å². The average molecular weight is 564 g/mol. The first-order valence-corrected chi connectivity index (χ1v) is 15.5. The molecule has 212 valence electrons. The maximum Gasteiger partial charge on any atom is 0.244 e. The summed E-state index contributed by atoms with van der Waals surface area (Å²) in [6.07, 6.45) is 5.49. The van der Waals surface area contributed by atoms with Gasteiger partial charge in [0, 0.05) is 12.6 Å². The number of nitrogens with zero attached hydrogens (tertiary/aromatic N) is 2. The van der Waals surface area contributed by atoms with Crippen molar-refractivity contribution < 1.29 is 22.7 Å². The van der Waals surface area contributed by atoms with E-state index in [0.717, 1.165) is 41.8 Å². The second-order valence-electron chi connectivity index (χ2n) is 10.1. The topological polar surface area (TPSA) is 96.0 Å². The van der Waals surface area contributed by atoms with Crippen LogP contribution in [0.2, 0.25) is 0 Å². The van der Waals surface area contributed by atoms with E-state index in [4.69, 9.17) is 4.74 Å². The van der Waals surface area contributed by atoms with Crippen LogP contribution in [0.3, 0.4) is 0 Å². The number of benzene rings is 3. The van der Waals surface area contributed by atoms with Crippen molar-refractivity contribution in [2.75, 3.05) is 17.1 Å². The Morgan fingerprint density at radius 1 is 0.900 bits per heavy atom. The number of carbonyl (C=O) groups is 2. The fourth-order valence-electron chi connectivity index (χ4n) is 4.99. The predicted molar refractivity (Wildman–Crippen MR) is 157 cm³/mol. The summed E-state index contributed by atoms with van der Waals surface area (Å²) in [5, 5.41) is 3.11. The molecule has 0 radical (unpaired) electrons. The molecule has 1 aliphatic carbocycles. The molecule has 0 unspecified atom stereocenters. The van der Waals surface area contributed by atoms with Crippen molar-refractivity contribution in [3.63, 3.8) is 0 Å². The third-order valence-electron chi connectivity index (χ3n) is 7.07. The molecule has 1 N–H and O–H groups in total. The Bertz CT molecular complexity index is 1360. The lowest BCUT2D eigenvalue weighted by Gasteiger charge is -2.33. The summed E-state index contributed by atoms with van der Waals surface area (Å²) >= 11 is 0. The first-order chi connectivity index (χ1) is 19.2. The van der Waals surface area contributed by atoms with E-state index in [9.17, 15) is 18.0 Å². The molecular formula is C31H37N3O5S. The molecule has 1 saturated carbocycles. The van der Waals surface area contributed by atoms with Gasteiger partial charge in [-0.15, -0.1) is 0 Å². The van der Waals surface area contributed by atoms with Gasteiger partial charge in [-0.1, -0.05) is 68.3 Å². The molecule has 40 heavy (non-hydrogen) atoms. The highest BCUT2D eigenvalue weighted by Gasteiger charge is 2.33. The summed E-state index contributed by atoms with van der Waals surface area (Å²) < 4.78 is 32.6.